The van der Waals surface area contributed by atoms with E-state index >= 15 is 0 Å². The quantitative estimate of drug-likeness (QED) is 0.735. The number of halogens is 1. The van der Waals surface area contributed by atoms with E-state index in [4.69, 9.17) is 17.3 Å². The number of hydrogen-bond donors (Lipinski definition) is 3. The van der Waals surface area contributed by atoms with E-state index in [2.05, 4.69) is 16.9 Å². The van der Waals surface area contributed by atoms with E-state index in [0.717, 1.165) is 0 Å². The number of benzene rings is 1. The van der Waals surface area contributed by atoms with Gasteiger partial charge in [-0.05, 0) is 30.3 Å². The van der Waals surface area contributed by atoms with Gasteiger partial charge in [0.25, 0.3) is 0 Å². The van der Waals surface area contributed by atoms with Crippen molar-refractivity contribution in [3.05, 3.63) is 65.1 Å². The first kappa shape index (κ1) is 13.4. The summed E-state index contributed by atoms with van der Waals surface area (Å²) in [5, 5.41) is 3.52. The highest BCUT2D eigenvalue weighted by Gasteiger charge is 2.15. The first-order valence-corrected chi connectivity index (χ1v) is 6.12. The van der Waals surface area contributed by atoms with Crippen LogP contribution in [0.15, 0.2) is 48.8 Å². The molecule has 0 aliphatic rings. The molecule has 4 N–H and O–H groups in total. The zero-order valence-corrected chi connectivity index (χ0v) is 11.0. The van der Waals surface area contributed by atoms with Crippen molar-refractivity contribution in [1.29, 1.82) is 0 Å². The van der Waals surface area contributed by atoms with Crippen molar-refractivity contribution in [3.63, 3.8) is 0 Å². The predicted molar refractivity (Wildman–Crippen MR) is 77.5 cm³/mol. The number of carbonyl (C=O) groups excluding carboxylic acids is 1. The normalized spacial score (nSPS) is 10.2. The number of nitrogens with two attached hydrogens (primary N) is 1. The summed E-state index contributed by atoms with van der Waals surface area (Å²) in [6.45, 7) is 4.06. The van der Waals surface area contributed by atoms with Crippen molar-refractivity contribution in [2.24, 2.45) is 5.73 Å². The van der Waals surface area contributed by atoms with Crippen LogP contribution in [0.3, 0.4) is 0 Å². The molecule has 0 spiro atoms. The fraction of sp³-hybridized carbons (Fsp3) is 0.0714. The van der Waals surface area contributed by atoms with Gasteiger partial charge in [-0.25, -0.2) is 0 Å². The Kier molecular flexibility index (Phi) is 4.04. The number of ketones is 1. The number of carbonyl (C=O) groups is 1. The molecule has 19 heavy (non-hydrogen) atoms. The minimum absolute atomic E-state index is 0.139. The molecule has 1 heterocycles. The van der Waals surface area contributed by atoms with Gasteiger partial charge in [-0.2, -0.15) is 0 Å². The molecule has 0 saturated carbocycles. The minimum atomic E-state index is -0.139. The molecule has 1 aromatic carbocycles. The van der Waals surface area contributed by atoms with Crippen LogP contribution in [0.25, 0.3) is 0 Å². The van der Waals surface area contributed by atoms with E-state index in [1.807, 2.05) is 0 Å². The second kappa shape index (κ2) is 5.73. The van der Waals surface area contributed by atoms with Crippen molar-refractivity contribution in [3.8, 4) is 0 Å². The van der Waals surface area contributed by atoms with Crippen LogP contribution in [0.5, 0.6) is 0 Å². The fourth-order valence-corrected chi connectivity index (χ4v) is 1.84. The summed E-state index contributed by atoms with van der Waals surface area (Å²) in [6.07, 6.45) is 1.70. The third-order valence-electron chi connectivity index (χ3n) is 2.63. The van der Waals surface area contributed by atoms with Crippen molar-refractivity contribution in [2.45, 2.75) is 0 Å². The van der Waals surface area contributed by atoms with Crippen molar-refractivity contribution < 1.29 is 4.79 Å². The number of hydrogen-bond acceptors (Lipinski definition) is 3. The number of aromatic nitrogens is 1. The minimum Gasteiger partial charge on any atom is -0.359 e. The van der Waals surface area contributed by atoms with E-state index in [1.54, 1.807) is 36.5 Å². The third-order valence-corrected chi connectivity index (χ3v) is 2.86. The molecule has 2 rings (SSSR count). The molecule has 4 nitrogen and oxygen atoms in total. The molecule has 98 valence electrons. The maximum Gasteiger partial charge on any atom is 0.211 e. The molecule has 0 aliphatic carbocycles. The Morgan fingerprint density at radius 3 is 2.84 bits per heavy atom. The van der Waals surface area contributed by atoms with E-state index in [0.29, 0.717) is 34.2 Å². The van der Waals surface area contributed by atoms with E-state index in [9.17, 15) is 4.79 Å². The lowest BCUT2D eigenvalue weighted by Gasteiger charge is -2.12. The summed E-state index contributed by atoms with van der Waals surface area (Å²) >= 11 is 5.96. The first-order chi connectivity index (χ1) is 9.11. The molecule has 0 radical (unpaired) electrons. The number of aromatic amines is 1. The van der Waals surface area contributed by atoms with Crippen molar-refractivity contribution >= 4 is 23.1 Å². The zero-order chi connectivity index (χ0) is 13.8. The number of H-pyrrole nitrogens is 1. The first-order valence-electron chi connectivity index (χ1n) is 5.74. The molecule has 2 aromatic rings. The Hall–Kier alpha value is -2.04. The summed E-state index contributed by atoms with van der Waals surface area (Å²) in [7, 11) is 0. The Morgan fingerprint density at radius 2 is 2.21 bits per heavy atom. The molecular weight excluding hydrogens is 262 g/mol. The fourth-order valence-electron chi connectivity index (χ4n) is 1.67. The summed E-state index contributed by atoms with van der Waals surface area (Å²) in [4.78, 5) is 15.2. The van der Waals surface area contributed by atoms with Crippen LogP contribution in [0.2, 0.25) is 5.02 Å². The smallest absolute Gasteiger partial charge is 0.211 e. The highest BCUT2D eigenvalue weighted by molar-refractivity contribution is 6.31. The van der Waals surface area contributed by atoms with Gasteiger partial charge in [0.05, 0.1) is 5.69 Å². The molecule has 0 amide bonds. The summed E-state index contributed by atoms with van der Waals surface area (Å²) < 4.78 is 0. The summed E-state index contributed by atoms with van der Waals surface area (Å²) in [5.41, 5.74) is 7.74. The van der Waals surface area contributed by atoms with Crippen molar-refractivity contribution in [1.82, 2.24) is 4.98 Å². The van der Waals surface area contributed by atoms with Crippen LogP contribution >= 0.6 is 11.6 Å². The highest BCUT2D eigenvalue weighted by Crippen LogP contribution is 2.24. The molecule has 1 aromatic heterocycles. The second-order valence-corrected chi connectivity index (χ2v) is 4.47. The molecule has 5 heteroatoms. The predicted octanol–water partition coefficient (Wildman–Crippen LogP) is 2.78. The van der Waals surface area contributed by atoms with Gasteiger partial charge in [-0.1, -0.05) is 18.2 Å². The Morgan fingerprint density at radius 1 is 1.42 bits per heavy atom. The Bertz CT molecular complexity index is 605. The number of anilines is 1. The van der Waals surface area contributed by atoms with Crippen LogP contribution in [-0.4, -0.2) is 17.3 Å². The summed E-state index contributed by atoms with van der Waals surface area (Å²) in [6, 6.07) is 8.55. The van der Waals surface area contributed by atoms with Crippen molar-refractivity contribution in [2.75, 3.05) is 11.9 Å². The second-order valence-electron chi connectivity index (χ2n) is 4.04. The number of nitrogens with one attached hydrogen (secondary N) is 2. The SMILES string of the molecule is C=C(CN)Nc1ccc(Cl)cc1C(=O)c1ccc[nH]1. The highest BCUT2D eigenvalue weighted by atomic mass is 35.5. The summed E-state index contributed by atoms with van der Waals surface area (Å²) in [5.74, 6) is -0.139. The lowest BCUT2D eigenvalue weighted by Crippen LogP contribution is -2.13. The third kappa shape index (κ3) is 3.05. The lowest BCUT2D eigenvalue weighted by atomic mass is 10.1. The van der Waals surface area contributed by atoms with Crippen LogP contribution in [-0.2, 0) is 0 Å². The molecule has 0 fully saturated rings. The van der Waals surface area contributed by atoms with Crippen LogP contribution < -0.4 is 11.1 Å². The van der Waals surface area contributed by atoms with Crippen LogP contribution in [0.1, 0.15) is 16.1 Å². The molecule has 0 atom stereocenters. The van der Waals surface area contributed by atoms with Crippen LogP contribution in [0.4, 0.5) is 5.69 Å². The average Bonchev–Trinajstić information content (AvgIpc) is 2.93. The molecular formula is C14H14ClN3O. The molecule has 0 aliphatic heterocycles. The van der Waals surface area contributed by atoms with Crippen LogP contribution in [0, 0.1) is 0 Å². The standard InChI is InChI=1S/C14H14ClN3O/c1-9(8-16)18-12-5-4-10(15)7-11(12)14(19)13-3-2-6-17-13/h2-7,17-18H,1,8,16H2. The van der Waals surface area contributed by atoms with Gasteiger partial charge in [-0.3, -0.25) is 4.79 Å². The lowest BCUT2D eigenvalue weighted by molar-refractivity contribution is 0.103. The monoisotopic (exact) mass is 275 g/mol. The Labute approximate surface area is 116 Å². The van der Waals surface area contributed by atoms with Gasteiger partial charge in [0.1, 0.15) is 0 Å². The van der Waals surface area contributed by atoms with E-state index in [1.165, 1.54) is 0 Å². The topological polar surface area (TPSA) is 70.9 Å². The van der Waals surface area contributed by atoms with E-state index < -0.39 is 0 Å². The van der Waals surface area contributed by atoms with E-state index in [-0.39, 0.29) is 5.78 Å². The molecule has 0 bridgehead atoms. The largest absolute Gasteiger partial charge is 0.359 e. The molecule has 0 saturated heterocycles. The van der Waals surface area contributed by atoms with Gasteiger partial charge < -0.3 is 16.0 Å². The molecule has 0 unspecified atom stereocenters. The van der Waals surface area contributed by atoms with Gasteiger partial charge in [-0.15, -0.1) is 0 Å². The zero-order valence-electron chi connectivity index (χ0n) is 10.2. The maximum atomic E-state index is 12.4. The maximum absolute atomic E-state index is 12.4. The van der Waals surface area contributed by atoms with Gasteiger partial charge in [0.2, 0.25) is 5.78 Å². The Balaban J connectivity index is 2.40. The number of rotatable bonds is 5. The van der Waals surface area contributed by atoms with Gasteiger partial charge in [0, 0.05) is 34.7 Å². The van der Waals surface area contributed by atoms with Gasteiger partial charge >= 0.3 is 0 Å². The van der Waals surface area contributed by atoms with Gasteiger partial charge in [0.15, 0.2) is 0 Å². The average molecular weight is 276 g/mol.